The second kappa shape index (κ2) is 7.88. The minimum atomic E-state index is -0.430. The molecule has 3 rings (SSSR count). The van der Waals surface area contributed by atoms with Crippen LogP contribution in [-0.4, -0.2) is 16.1 Å². The van der Waals surface area contributed by atoms with Crippen molar-refractivity contribution in [3.63, 3.8) is 0 Å². The van der Waals surface area contributed by atoms with Crippen molar-refractivity contribution in [2.45, 2.75) is 43.4 Å². The van der Waals surface area contributed by atoms with Gasteiger partial charge in [-0.1, -0.05) is 18.7 Å². The zero-order chi connectivity index (χ0) is 18.7. The fourth-order valence-electron chi connectivity index (χ4n) is 3.00. The van der Waals surface area contributed by atoms with Crippen LogP contribution in [0.25, 0.3) is 0 Å². The molecule has 1 N–H and O–H groups in total. The molecule has 4 nitrogen and oxygen atoms in total. The van der Waals surface area contributed by atoms with E-state index in [0.29, 0.717) is 22.2 Å². The van der Waals surface area contributed by atoms with Gasteiger partial charge in [-0.05, 0) is 68.0 Å². The maximum Gasteiger partial charge on any atom is 0.237 e. The number of hydrogen-bond donors (Lipinski definition) is 1. The van der Waals surface area contributed by atoms with E-state index in [9.17, 15) is 14.4 Å². The summed E-state index contributed by atoms with van der Waals surface area (Å²) in [6.07, 6.45) is 2.95. The normalized spacial score (nSPS) is 17.1. The number of thioether (sulfide) groups is 1. The molecule has 2 unspecified atom stereocenters. The molecule has 134 valence electrons. The van der Waals surface area contributed by atoms with Crippen molar-refractivity contribution in [1.82, 2.24) is 4.98 Å². The van der Waals surface area contributed by atoms with Crippen LogP contribution < -0.4 is 5.32 Å². The summed E-state index contributed by atoms with van der Waals surface area (Å²) in [5, 5.41) is 12.4. The number of nitriles is 1. The smallest absolute Gasteiger partial charge is 0.237 e. The zero-order valence-electron chi connectivity index (χ0n) is 14.8. The average molecular weight is 369 g/mol. The summed E-state index contributed by atoms with van der Waals surface area (Å²) in [7, 11) is 0. The SMILES string of the molecule is CC1CCc2nc(SC(C)C(=O)Nc3ccc(F)cc3)c(C#N)cc2C1. The minimum Gasteiger partial charge on any atom is -0.325 e. The minimum absolute atomic E-state index is 0.210. The van der Waals surface area contributed by atoms with Crippen molar-refractivity contribution < 1.29 is 9.18 Å². The van der Waals surface area contributed by atoms with Gasteiger partial charge in [0.25, 0.3) is 0 Å². The molecule has 1 aromatic carbocycles. The van der Waals surface area contributed by atoms with Crippen molar-refractivity contribution in [1.29, 1.82) is 5.26 Å². The van der Waals surface area contributed by atoms with Crippen molar-refractivity contribution in [3.8, 4) is 6.07 Å². The molecule has 26 heavy (non-hydrogen) atoms. The molecule has 1 aliphatic carbocycles. The largest absolute Gasteiger partial charge is 0.325 e. The number of rotatable bonds is 4. The van der Waals surface area contributed by atoms with Crippen LogP contribution in [0, 0.1) is 23.1 Å². The van der Waals surface area contributed by atoms with Crippen LogP contribution in [0.4, 0.5) is 10.1 Å². The van der Waals surface area contributed by atoms with Gasteiger partial charge in [-0.3, -0.25) is 4.79 Å². The van der Waals surface area contributed by atoms with Crippen molar-refractivity contribution in [2.24, 2.45) is 5.92 Å². The molecule has 0 bridgehead atoms. The Morgan fingerprint density at radius 1 is 1.42 bits per heavy atom. The van der Waals surface area contributed by atoms with Crippen LogP contribution in [0.2, 0.25) is 0 Å². The fraction of sp³-hybridized carbons (Fsp3) is 0.350. The summed E-state index contributed by atoms with van der Waals surface area (Å²) in [6.45, 7) is 3.98. The number of carbonyl (C=O) groups is 1. The second-order valence-corrected chi connectivity index (χ2v) is 7.99. The maximum absolute atomic E-state index is 13.0. The summed E-state index contributed by atoms with van der Waals surface area (Å²) < 4.78 is 13.0. The van der Waals surface area contributed by atoms with Crippen LogP contribution in [0.3, 0.4) is 0 Å². The van der Waals surface area contributed by atoms with Crippen LogP contribution in [-0.2, 0) is 17.6 Å². The number of benzene rings is 1. The first-order chi connectivity index (χ1) is 12.5. The highest BCUT2D eigenvalue weighted by atomic mass is 32.2. The van der Waals surface area contributed by atoms with Gasteiger partial charge in [0.05, 0.1) is 10.8 Å². The zero-order valence-corrected chi connectivity index (χ0v) is 15.6. The number of aromatic nitrogens is 1. The van der Waals surface area contributed by atoms with E-state index in [-0.39, 0.29) is 11.7 Å². The van der Waals surface area contributed by atoms with E-state index >= 15 is 0 Å². The van der Waals surface area contributed by atoms with Gasteiger partial charge in [0.2, 0.25) is 5.91 Å². The highest BCUT2D eigenvalue weighted by molar-refractivity contribution is 8.00. The lowest BCUT2D eigenvalue weighted by Crippen LogP contribution is -2.23. The van der Waals surface area contributed by atoms with Gasteiger partial charge in [-0.25, -0.2) is 9.37 Å². The number of anilines is 1. The van der Waals surface area contributed by atoms with Gasteiger partial charge in [-0.2, -0.15) is 5.26 Å². The summed E-state index contributed by atoms with van der Waals surface area (Å²) in [5.74, 6) is 0.0464. The molecule has 6 heteroatoms. The molecule has 1 aromatic heterocycles. The number of hydrogen-bond acceptors (Lipinski definition) is 4. The Hall–Kier alpha value is -2.39. The number of pyridine rings is 1. The van der Waals surface area contributed by atoms with Gasteiger partial charge in [-0.15, -0.1) is 0 Å². The van der Waals surface area contributed by atoms with Gasteiger partial charge >= 0.3 is 0 Å². The standard InChI is InChI=1S/C20H20FN3OS/c1-12-3-8-18-14(9-12)10-15(11-22)20(24-18)26-13(2)19(25)23-17-6-4-16(21)5-7-17/h4-7,10,12-13H,3,8-9H2,1-2H3,(H,23,25). The average Bonchev–Trinajstić information content (AvgIpc) is 2.63. The summed E-state index contributed by atoms with van der Waals surface area (Å²) >= 11 is 1.28. The molecule has 0 saturated carbocycles. The number of carbonyl (C=O) groups excluding carboxylic acids is 1. The van der Waals surface area contributed by atoms with E-state index in [4.69, 9.17) is 0 Å². The third-order valence-electron chi connectivity index (χ3n) is 4.49. The highest BCUT2D eigenvalue weighted by Gasteiger charge is 2.22. The number of halogens is 1. The Morgan fingerprint density at radius 3 is 2.85 bits per heavy atom. The number of nitrogens with one attached hydrogen (secondary N) is 1. The van der Waals surface area contributed by atoms with Crippen molar-refractivity contribution in [2.75, 3.05) is 5.32 Å². The van der Waals surface area contributed by atoms with E-state index in [1.807, 2.05) is 6.07 Å². The number of fused-ring (bicyclic) bond motifs is 1. The molecule has 0 saturated heterocycles. The molecular weight excluding hydrogens is 349 g/mol. The Balaban J connectivity index is 1.74. The third-order valence-corrected chi connectivity index (χ3v) is 5.59. The lowest BCUT2D eigenvalue weighted by Gasteiger charge is -2.22. The Morgan fingerprint density at radius 2 is 2.15 bits per heavy atom. The molecule has 0 fully saturated rings. The Labute approximate surface area is 156 Å². The first kappa shape index (κ1) is 18.4. The molecule has 1 amide bonds. The quantitative estimate of drug-likeness (QED) is 0.815. The van der Waals surface area contributed by atoms with Crippen LogP contribution in [0.1, 0.15) is 37.1 Å². The first-order valence-electron chi connectivity index (χ1n) is 8.62. The number of aryl methyl sites for hydroxylation is 1. The second-order valence-electron chi connectivity index (χ2n) is 6.66. The van der Waals surface area contributed by atoms with Gasteiger partial charge < -0.3 is 5.32 Å². The van der Waals surface area contributed by atoms with Gasteiger partial charge in [0.15, 0.2) is 0 Å². The lowest BCUT2D eigenvalue weighted by molar-refractivity contribution is -0.115. The van der Waals surface area contributed by atoms with E-state index in [1.165, 1.54) is 36.0 Å². The Bertz CT molecular complexity index is 861. The molecule has 2 aromatic rings. The van der Waals surface area contributed by atoms with Gasteiger partial charge in [0, 0.05) is 11.4 Å². The number of amides is 1. The summed E-state index contributed by atoms with van der Waals surface area (Å²) in [5.41, 5.74) is 3.24. The topological polar surface area (TPSA) is 65.8 Å². The maximum atomic E-state index is 13.0. The molecule has 2 atom stereocenters. The van der Waals surface area contributed by atoms with Crippen molar-refractivity contribution >= 4 is 23.4 Å². The highest BCUT2D eigenvalue weighted by Crippen LogP contribution is 2.31. The molecule has 0 radical (unpaired) electrons. The van der Waals surface area contributed by atoms with E-state index < -0.39 is 5.25 Å². The molecule has 1 heterocycles. The van der Waals surface area contributed by atoms with Gasteiger partial charge in [0.1, 0.15) is 16.9 Å². The molecular formula is C20H20FN3OS. The van der Waals surface area contributed by atoms with E-state index in [0.717, 1.165) is 30.5 Å². The predicted molar refractivity (Wildman–Crippen MR) is 100 cm³/mol. The molecule has 0 aliphatic heterocycles. The van der Waals surface area contributed by atoms with Crippen LogP contribution >= 0.6 is 11.8 Å². The summed E-state index contributed by atoms with van der Waals surface area (Å²) in [6, 6.07) is 9.76. The predicted octanol–water partition coefficient (Wildman–Crippen LogP) is 4.34. The monoisotopic (exact) mass is 369 g/mol. The lowest BCUT2D eigenvalue weighted by atomic mass is 9.87. The van der Waals surface area contributed by atoms with Crippen LogP contribution in [0.15, 0.2) is 35.4 Å². The fourth-order valence-corrected chi connectivity index (χ4v) is 3.89. The van der Waals surface area contributed by atoms with Crippen LogP contribution in [0.5, 0.6) is 0 Å². The first-order valence-corrected chi connectivity index (χ1v) is 9.50. The summed E-state index contributed by atoms with van der Waals surface area (Å²) in [4.78, 5) is 17.1. The Kier molecular flexibility index (Phi) is 5.58. The van der Waals surface area contributed by atoms with E-state index in [1.54, 1.807) is 6.92 Å². The van der Waals surface area contributed by atoms with Crippen molar-refractivity contribution in [3.05, 3.63) is 53.0 Å². The third kappa shape index (κ3) is 4.23. The number of nitrogens with zero attached hydrogens (tertiary/aromatic N) is 2. The molecule has 1 aliphatic rings. The van der Waals surface area contributed by atoms with E-state index in [2.05, 4.69) is 23.3 Å². The molecule has 0 spiro atoms.